The monoisotopic (exact) mass is 604 g/mol. The molecule has 5 rings (SSSR count). The van der Waals surface area contributed by atoms with Crippen molar-refractivity contribution in [2.45, 2.75) is 19.1 Å². The highest BCUT2D eigenvalue weighted by atomic mass is 35.5. The first kappa shape index (κ1) is 27.7. The van der Waals surface area contributed by atoms with Crippen LogP contribution in [-0.4, -0.2) is 52.2 Å². The summed E-state index contributed by atoms with van der Waals surface area (Å²) in [6, 6.07) is 16.4. The first-order chi connectivity index (χ1) is 18.9. The quantitative estimate of drug-likeness (QED) is 0.237. The molecule has 0 aliphatic carbocycles. The van der Waals surface area contributed by atoms with Crippen LogP contribution in [0.4, 0.5) is 10.3 Å². The molecule has 2 aromatic carbocycles. The topological polar surface area (TPSA) is 149 Å². The second-order valence-corrected chi connectivity index (χ2v) is 13.3. The first-order valence-electron chi connectivity index (χ1n) is 11.8. The number of hydrogen-bond acceptors (Lipinski definition) is 9. The highest BCUT2D eigenvalue weighted by molar-refractivity contribution is 7.90. The van der Waals surface area contributed by atoms with Gasteiger partial charge in [-0.15, -0.1) is 4.28 Å². The van der Waals surface area contributed by atoms with Gasteiger partial charge in [0.15, 0.2) is 5.65 Å². The SMILES string of the molecule is CC(C)S(=O)(=O)n1c(NOS(C)(=O)=O)nc2ccc(-c3[nH]c(-c4c(F)cccc4Cl)nc3-c3ccccc3)nc21. The summed E-state index contributed by atoms with van der Waals surface area (Å²) in [5, 5.41) is -0.776. The molecule has 0 atom stereocenters. The average Bonchev–Trinajstić information content (AvgIpc) is 3.49. The minimum atomic E-state index is -4.11. The highest BCUT2D eigenvalue weighted by Crippen LogP contribution is 2.36. The van der Waals surface area contributed by atoms with Crippen LogP contribution in [-0.2, 0) is 24.4 Å². The van der Waals surface area contributed by atoms with E-state index in [4.69, 9.17) is 11.6 Å². The number of pyridine rings is 1. The van der Waals surface area contributed by atoms with Gasteiger partial charge in [0.1, 0.15) is 17.2 Å². The molecule has 15 heteroatoms. The van der Waals surface area contributed by atoms with E-state index < -0.39 is 37.2 Å². The lowest BCUT2D eigenvalue weighted by atomic mass is 10.1. The van der Waals surface area contributed by atoms with Crippen molar-refractivity contribution in [1.82, 2.24) is 23.9 Å². The Morgan fingerprint density at radius 1 is 0.975 bits per heavy atom. The molecule has 3 aromatic heterocycles. The fourth-order valence-electron chi connectivity index (χ4n) is 3.91. The van der Waals surface area contributed by atoms with Gasteiger partial charge in [0.25, 0.3) is 10.1 Å². The van der Waals surface area contributed by atoms with Crippen LogP contribution < -0.4 is 5.48 Å². The smallest absolute Gasteiger partial charge is 0.285 e. The summed E-state index contributed by atoms with van der Waals surface area (Å²) in [6.07, 6.45) is 0.795. The Morgan fingerprint density at radius 3 is 2.35 bits per heavy atom. The molecule has 2 N–H and O–H groups in total. The number of aromatic nitrogens is 5. The molecule has 0 aliphatic heterocycles. The van der Waals surface area contributed by atoms with Crippen molar-refractivity contribution >= 4 is 48.9 Å². The van der Waals surface area contributed by atoms with Crippen molar-refractivity contribution in [1.29, 1.82) is 0 Å². The summed E-state index contributed by atoms with van der Waals surface area (Å²) in [4.78, 5) is 16.5. The number of fused-ring (bicyclic) bond motifs is 1. The molecule has 0 unspecified atom stereocenters. The Balaban J connectivity index is 1.76. The van der Waals surface area contributed by atoms with Gasteiger partial charge < -0.3 is 4.98 Å². The molecule has 0 saturated heterocycles. The molecular formula is C25H22ClFN6O5S2. The third-order valence-electron chi connectivity index (χ3n) is 5.81. The van der Waals surface area contributed by atoms with Crippen LogP contribution >= 0.6 is 11.6 Å². The standard InChI is InChI=1S/C25H22ClFN6O5S2/c1-14(2)40(36,37)33-24-19(29-25(33)32-38-39(3,34)35)13-12-18(28-24)22-21(15-8-5-4-6-9-15)30-23(31-22)20-16(26)10-7-11-17(20)27/h4-14H,1-3H3,(H,29,32)(H,30,31). The van der Waals surface area contributed by atoms with Gasteiger partial charge in [-0.25, -0.2) is 33.2 Å². The molecule has 0 amide bonds. The second-order valence-electron chi connectivity index (χ2n) is 8.99. The first-order valence-corrected chi connectivity index (χ1v) is 15.4. The Kier molecular flexibility index (Phi) is 7.12. The summed E-state index contributed by atoms with van der Waals surface area (Å²) < 4.78 is 70.0. The summed E-state index contributed by atoms with van der Waals surface area (Å²) in [5.74, 6) is -0.838. The van der Waals surface area contributed by atoms with Crippen LogP contribution in [0.2, 0.25) is 5.02 Å². The maximum absolute atomic E-state index is 14.8. The Morgan fingerprint density at radius 2 is 1.70 bits per heavy atom. The maximum Gasteiger partial charge on any atom is 0.285 e. The summed E-state index contributed by atoms with van der Waals surface area (Å²) in [6.45, 7) is 2.91. The van der Waals surface area contributed by atoms with E-state index in [9.17, 15) is 21.2 Å². The summed E-state index contributed by atoms with van der Waals surface area (Å²) in [5.41, 5.74) is 3.93. The third-order valence-corrected chi connectivity index (χ3v) is 8.55. The lowest BCUT2D eigenvalue weighted by Gasteiger charge is -2.13. The predicted octanol–water partition coefficient (Wildman–Crippen LogP) is 4.84. The van der Waals surface area contributed by atoms with E-state index in [2.05, 4.69) is 29.7 Å². The summed E-state index contributed by atoms with van der Waals surface area (Å²) >= 11 is 6.31. The zero-order valence-electron chi connectivity index (χ0n) is 21.3. The van der Waals surface area contributed by atoms with Crippen LogP contribution in [0, 0.1) is 5.82 Å². The molecule has 5 aromatic rings. The largest absolute Gasteiger partial charge is 0.336 e. The molecule has 11 nitrogen and oxygen atoms in total. The normalized spacial score (nSPS) is 12.3. The van der Waals surface area contributed by atoms with Crippen molar-refractivity contribution in [3.63, 3.8) is 0 Å². The lowest BCUT2D eigenvalue weighted by Crippen LogP contribution is -2.25. The predicted molar refractivity (Wildman–Crippen MR) is 150 cm³/mol. The molecule has 0 fully saturated rings. The fraction of sp³-hybridized carbons (Fsp3) is 0.160. The van der Waals surface area contributed by atoms with Gasteiger partial charge in [-0.3, -0.25) is 0 Å². The van der Waals surface area contributed by atoms with Crippen molar-refractivity contribution in [3.8, 4) is 34.0 Å². The van der Waals surface area contributed by atoms with E-state index in [-0.39, 0.29) is 33.3 Å². The van der Waals surface area contributed by atoms with E-state index in [0.29, 0.717) is 17.0 Å². The van der Waals surface area contributed by atoms with Gasteiger partial charge in [-0.05, 0) is 38.1 Å². The van der Waals surface area contributed by atoms with Crippen molar-refractivity contribution < 1.29 is 25.5 Å². The Labute approximate surface area is 234 Å². The van der Waals surface area contributed by atoms with Gasteiger partial charge >= 0.3 is 0 Å². The molecule has 40 heavy (non-hydrogen) atoms. The number of hydrogen-bond donors (Lipinski definition) is 2. The van der Waals surface area contributed by atoms with Crippen LogP contribution in [0.5, 0.6) is 0 Å². The van der Waals surface area contributed by atoms with Crippen LogP contribution in [0.15, 0.2) is 60.7 Å². The number of imidazole rings is 2. The van der Waals surface area contributed by atoms with E-state index >= 15 is 0 Å². The minimum Gasteiger partial charge on any atom is -0.336 e. The molecule has 0 aliphatic rings. The number of aromatic amines is 1. The molecule has 0 bridgehead atoms. The third kappa shape index (κ3) is 5.18. The van der Waals surface area contributed by atoms with Gasteiger partial charge in [0.05, 0.1) is 39.2 Å². The van der Waals surface area contributed by atoms with Crippen LogP contribution in [0.1, 0.15) is 13.8 Å². The van der Waals surface area contributed by atoms with Crippen LogP contribution in [0.25, 0.3) is 45.2 Å². The van der Waals surface area contributed by atoms with E-state index in [1.54, 1.807) is 6.07 Å². The number of halogens is 2. The molecule has 0 radical (unpaired) electrons. The highest BCUT2D eigenvalue weighted by Gasteiger charge is 2.28. The number of nitrogens with zero attached hydrogens (tertiary/aromatic N) is 4. The molecule has 3 heterocycles. The zero-order valence-corrected chi connectivity index (χ0v) is 23.6. The molecule has 0 saturated carbocycles. The number of nitrogens with one attached hydrogen (secondary N) is 2. The second kappa shape index (κ2) is 10.3. The molecule has 208 valence electrons. The van der Waals surface area contributed by atoms with Crippen molar-refractivity contribution in [2.24, 2.45) is 0 Å². The Hall–Kier alpha value is -3.85. The number of benzene rings is 2. The van der Waals surface area contributed by atoms with Gasteiger partial charge in [-0.1, -0.05) is 48.0 Å². The minimum absolute atomic E-state index is 0.0607. The molecule has 0 spiro atoms. The van der Waals surface area contributed by atoms with Gasteiger partial charge in [0.2, 0.25) is 16.0 Å². The van der Waals surface area contributed by atoms with Crippen molar-refractivity contribution in [2.75, 3.05) is 11.7 Å². The zero-order chi connectivity index (χ0) is 28.8. The van der Waals surface area contributed by atoms with E-state index in [1.165, 1.54) is 38.1 Å². The number of anilines is 1. The molecular weight excluding hydrogens is 583 g/mol. The lowest BCUT2D eigenvalue weighted by molar-refractivity contribution is 0.391. The van der Waals surface area contributed by atoms with E-state index in [0.717, 1.165) is 10.2 Å². The average molecular weight is 605 g/mol. The van der Waals surface area contributed by atoms with Crippen LogP contribution in [0.3, 0.4) is 0 Å². The van der Waals surface area contributed by atoms with Crippen molar-refractivity contribution in [3.05, 3.63) is 71.5 Å². The van der Waals surface area contributed by atoms with Gasteiger partial charge in [-0.2, -0.15) is 12.4 Å². The van der Waals surface area contributed by atoms with Gasteiger partial charge in [0, 0.05) is 5.56 Å². The maximum atomic E-state index is 14.8. The number of rotatable bonds is 8. The fourth-order valence-corrected chi connectivity index (χ4v) is 5.51. The summed E-state index contributed by atoms with van der Waals surface area (Å²) in [7, 11) is -8.10. The number of H-pyrrole nitrogens is 1. The Bertz CT molecular complexity index is 1940. The van der Waals surface area contributed by atoms with E-state index in [1.807, 2.05) is 30.3 Å².